The molecule has 1 heterocycles. The van der Waals surface area contributed by atoms with Gasteiger partial charge in [-0.05, 0) is 12.8 Å². The number of piperazine rings is 1. The molecule has 0 unspecified atom stereocenters. The van der Waals surface area contributed by atoms with Crippen LogP contribution in [0.4, 0.5) is 8.78 Å². The van der Waals surface area contributed by atoms with Gasteiger partial charge in [0.2, 0.25) is 5.92 Å². The third-order valence-electron chi connectivity index (χ3n) is 4.08. The lowest BCUT2D eigenvalue weighted by Crippen LogP contribution is -2.61. The van der Waals surface area contributed by atoms with Gasteiger partial charge in [-0.1, -0.05) is 0 Å². The highest BCUT2D eigenvalue weighted by atomic mass is 19.3. The first-order valence-corrected chi connectivity index (χ1v) is 6.12. The SMILES string of the molecule is NCC1(N2CCNCC2)CCC(F)(F)CC1. The lowest BCUT2D eigenvalue weighted by molar-refractivity contribution is -0.0817. The third-order valence-corrected chi connectivity index (χ3v) is 4.08. The minimum atomic E-state index is -2.47. The standard InChI is InChI=1S/C11H21F2N3/c12-11(13)3-1-10(9-14,2-4-11)16-7-5-15-6-8-16/h15H,1-9,14H2. The Morgan fingerprint density at radius 2 is 1.62 bits per heavy atom. The van der Waals surface area contributed by atoms with Gasteiger partial charge in [0, 0.05) is 51.1 Å². The van der Waals surface area contributed by atoms with Crippen LogP contribution in [-0.4, -0.2) is 49.1 Å². The molecule has 0 spiro atoms. The summed E-state index contributed by atoms with van der Waals surface area (Å²) in [4.78, 5) is 2.32. The number of hydrogen-bond donors (Lipinski definition) is 2. The van der Waals surface area contributed by atoms with Crippen LogP contribution in [0, 0.1) is 0 Å². The Bertz CT molecular complexity index is 229. The number of nitrogens with two attached hydrogens (primary N) is 1. The second-order valence-electron chi connectivity index (χ2n) is 5.02. The van der Waals surface area contributed by atoms with Crippen molar-refractivity contribution in [3.05, 3.63) is 0 Å². The Balaban J connectivity index is 2.02. The summed E-state index contributed by atoms with van der Waals surface area (Å²) in [6.45, 7) is 4.25. The largest absolute Gasteiger partial charge is 0.329 e. The predicted molar refractivity (Wildman–Crippen MR) is 59.6 cm³/mol. The third kappa shape index (κ3) is 2.36. The van der Waals surface area contributed by atoms with Gasteiger partial charge in [-0.15, -0.1) is 0 Å². The molecule has 1 saturated carbocycles. The van der Waals surface area contributed by atoms with Gasteiger partial charge in [-0.2, -0.15) is 0 Å². The van der Waals surface area contributed by atoms with Crippen molar-refractivity contribution in [2.45, 2.75) is 37.1 Å². The highest BCUT2D eigenvalue weighted by Crippen LogP contribution is 2.41. The molecule has 0 radical (unpaired) electrons. The van der Waals surface area contributed by atoms with E-state index in [1.807, 2.05) is 0 Å². The molecule has 2 rings (SSSR count). The number of halogens is 2. The fourth-order valence-corrected chi connectivity index (χ4v) is 2.87. The van der Waals surface area contributed by atoms with E-state index in [9.17, 15) is 8.78 Å². The number of hydrogen-bond acceptors (Lipinski definition) is 3. The Labute approximate surface area is 95.4 Å². The van der Waals surface area contributed by atoms with Crippen LogP contribution in [-0.2, 0) is 0 Å². The smallest absolute Gasteiger partial charge is 0.248 e. The van der Waals surface area contributed by atoms with Crippen molar-refractivity contribution in [1.82, 2.24) is 10.2 Å². The molecule has 1 saturated heterocycles. The first-order valence-electron chi connectivity index (χ1n) is 6.12. The van der Waals surface area contributed by atoms with Gasteiger partial charge in [-0.25, -0.2) is 8.78 Å². The lowest BCUT2D eigenvalue weighted by Gasteiger charge is -2.49. The van der Waals surface area contributed by atoms with E-state index in [1.54, 1.807) is 0 Å². The Morgan fingerprint density at radius 1 is 1.06 bits per heavy atom. The van der Waals surface area contributed by atoms with E-state index in [2.05, 4.69) is 10.2 Å². The topological polar surface area (TPSA) is 41.3 Å². The Hall–Kier alpha value is -0.260. The fourth-order valence-electron chi connectivity index (χ4n) is 2.87. The van der Waals surface area contributed by atoms with Crippen LogP contribution in [0.15, 0.2) is 0 Å². The molecule has 0 amide bonds. The van der Waals surface area contributed by atoms with Crippen LogP contribution in [0.1, 0.15) is 25.7 Å². The first kappa shape index (κ1) is 12.2. The molecule has 5 heteroatoms. The van der Waals surface area contributed by atoms with Crippen LogP contribution in [0.25, 0.3) is 0 Å². The van der Waals surface area contributed by atoms with Crippen molar-refractivity contribution >= 4 is 0 Å². The average molecular weight is 233 g/mol. The summed E-state index contributed by atoms with van der Waals surface area (Å²) >= 11 is 0. The highest BCUT2D eigenvalue weighted by Gasteiger charge is 2.45. The Kier molecular flexibility index (Phi) is 3.47. The van der Waals surface area contributed by atoms with Crippen LogP contribution in [0.2, 0.25) is 0 Å². The minimum absolute atomic E-state index is 0.00582. The molecule has 3 N–H and O–H groups in total. The maximum absolute atomic E-state index is 13.2. The second-order valence-corrected chi connectivity index (χ2v) is 5.02. The van der Waals surface area contributed by atoms with Gasteiger partial charge in [-0.3, -0.25) is 4.90 Å². The highest BCUT2D eigenvalue weighted by molar-refractivity contribution is 4.99. The molecule has 0 aromatic carbocycles. The monoisotopic (exact) mass is 233 g/mol. The zero-order valence-corrected chi connectivity index (χ0v) is 9.64. The van der Waals surface area contributed by atoms with E-state index in [0.29, 0.717) is 19.4 Å². The van der Waals surface area contributed by atoms with Crippen molar-refractivity contribution in [3.8, 4) is 0 Å². The van der Waals surface area contributed by atoms with Gasteiger partial charge >= 0.3 is 0 Å². The van der Waals surface area contributed by atoms with Crippen molar-refractivity contribution in [2.24, 2.45) is 5.73 Å². The molecule has 1 aliphatic heterocycles. The Morgan fingerprint density at radius 3 is 2.12 bits per heavy atom. The summed E-state index contributed by atoms with van der Waals surface area (Å²) in [7, 11) is 0. The molecule has 0 aromatic rings. The van der Waals surface area contributed by atoms with E-state index in [1.165, 1.54) is 0 Å². The maximum atomic E-state index is 13.2. The number of rotatable bonds is 2. The summed E-state index contributed by atoms with van der Waals surface area (Å²) in [6, 6.07) is 0. The molecular weight excluding hydrogens is 212 g/mol. The zero-order valence-electron chi connectivity index (χ0n) is 9.64. The molecule has 0 atom stereocenters. The molecule has 1 aliphatic carbocycles. The molecule has 16 heavy (non-hydrogen) atoms. The van der Waals surface area contributed by atoms with Crippen LogP contribution in [0.5, 0.6) is 0 Å². The second kappa shape index (κ2) is 4.55. The van der Waals surface area contributed by atoms with E-state index in [-0.39, 0.29) is 18.4 Å². The number of alkyl halides is 2. The minimum Gasteiger partial charge on any atom is -0.329 e. The lowest BCUT2D eigenvalue weighted by atomic mass is 9.78. The van der Waals surface area contributed by atoms with Crippen LogP contribution in [0.3, 0.4) is 0 Å². The molecular formula is C11H21F2N3. The molecule has 94 valence electrons. The summed E-state index contributed by atoms with van der Waals surface area (Å²) in [5.41, 5.74) is 5.69. The zero-order chi connectivity index (χ0) is 11.6. The van der Waals surface area contributed by atoms with Crippen molar-refractivity contribution < 1.29 is 8.78 Å². The molecule has 0 aromatic heterocycles. The molecule has 2 fully saturated rings. The summed E-state index contributed by atoms with van der Waals surface area (Å²) < 4.78 is 26.4. The number of nitrogens with one attached hydrogen (secondary N) is 1. The van der Waals surface area contributed by atoms with Crippen molar-refractivity contribution in [3.63, 3.8) is 0 Å². The van der Waals surface area contributed by atoms with E-state index in [4.69, 9.17) is 5.73 Å². The molecule has 3 nitrogen and oxygen atoms in total. The number of nitrogens with zero attached hydrogens (tertiary/aromatic N) is 1. The van der Waals surface area contributed by atoms with E-state index in [0.717, 1.165) is 26.2 Å². The maximum Gasteiger partial charge on any atom is 0.248 e. The van der Waals surface area contributed by atoms with Gasteiger partial charge in [0.1, 0.15) is 0 Å². The molecule has 2 aliphatic rings. The predicted octanol–water partition coefficient (Wildman–Crippen LogP) is 0.798. The van der Waals surface area contributed by atoms with Crippen LogP contribution >= 0.6 is 0 Å². The van der Waals surface area contributed by atoms with Gasteiger partial charge in [0.15, 0.2) is 0 Å². The summed E-state index contributed by atoms with van der Waals surface area (Å²) in [5, 5.41) is 3.28. The van der Waals surface area contributed by atoms with Crippen molar-refractivity contribution in [1.29, 1.82) is 0 Å². The summed E-state index contributed by atoms with van der Waals surface area (Å²) in [5.74, 6) is -2.47. The van der Waals surface area contributed by atoms with Crippen LogP contribution < -0.4 is 11.1 Å². The fraction of sp³-hybridized carbons (Fsp3) is 1.00. The summed E-state index contributed by atoms with van der Waals surface area (Å²) in [6.07, 6.45) is 1.06. The molecule has 0 bridgehead atoms. The average Bonchev–Trinajstić information content (AvgIpc) is 2.31. The normalized spacial score (nSPS) is 30.2. The first-order chi connectivity index (χ1) is 7.58. The van der Waals surface area contributed by atoms with Gasteiger partial charge in [0.05, 0.1) is 0 Å². The van der Waals surface area contributed by atoms with Crippen molar-refractivity contribution in [2.75, 3.05) is 32.7 Å². The van der Waals surface area contributed by atoms with E-state index >= 15 is 0 Å². The van der Waals surface area contributed by atoms with Gasteiger partial charge in [0.25, 0.3) is 0 Å². The quantitative estimate of drug-likeness (QED) is 0.741. The van der Waals surface area contributed by atoms with E-state index < -0.39 is 5.92 Å². The van der Waals surface area contributed by atoms with Gasteiger partial charge < -0.3 is 11.1 Å².